The zero-order valence-corrected chi connectivity index (χ0v) is 21.0. The molecule has 0 aliphatic carbocycles. The van der Waals surface area contributed by atoms with E-state index in [4.69, 9.17) is 9.63 Å². The van der Waals surface area contributed by atoms with E-state index >= 15 is 0 Å². The van der Waals surface area contributed by atoms with E-state index in [0.717, 1.165) is 40.1 Å². The van der Waals surface area contributed by atoms with Gasteiger partial charge >= 0.3 is 0 Å². The van der Waals surface area contributed by atoms with Crippen molar-refractivity contribution >= 4 is 11.7 Å². The number of nitrogens with zero attached hydrogens (tertiary/aromatic N) is 4. The first-order chi connectivity index (χ1) is 16.2. The van der Waals surface area contributed by atoms with Crippen molar-refractivity contribution in [3.05, 3.63) is 46.6 Å². The number of hydrogen-bond donors (Lipinski definition) is 2. The van der Waals surface area contributed by atoms with Crippen molar-refractivity contribution in [2.75, 3.05) is 25.1 Å². The van der Waals surface area contributed by atoms with Gasteiger partial charge in [0.1, 0.15) is 5.82 Å². The van der Waals surface area contributed by atoms with E-state index in [1.165, 1.54) is 5.56 Å². The number of aromatic nitrogens is 3. The van der Waals surface area contributed by atoms with Crippen LogP contribution < -0.4 is 10.2 Å². The second kappa shape index (κ2) is 11.2. The predicted octanol–water partition coefficient (Wildman–Crippen LogP) is 3.86. The summed E-state index contributed by atoms with van der Waals surface area (Å²) in [5, 5.41) is 15.8. The zero-order valence-electron chi connectivity index (χ0n) is 21.0. The summed E-state index contributed by atoms with van der Waals surface area (Å²) in [5.41, 5.74) is 6.14. The Morgan fingerprint density at radius 2 is 1.91 bits per heavy atom. The molecule has 2 heterocycles. The van der Waals surface area contributed by atoms with Crippen LogP contribution in [0.15, 0.2) is 28.9 Å². The van der Waals surface area contributed by atoms with Crippen molar-refractivity contribution in [3.63, 3.8) is 0 Å². The molecule has 0 radical (unpaired) electrons. The van der Waals surface area contributed by atoms with E-state index in [-0.39, 0.29) is 19.1 Å². The summed E-state index contributed by atoms with van der Waals surface area (Å²) < 4.78 is 5.58. The van der Waals surface area contributed by atoms with Gasteiger partial charge in [-0.1, -0.05) is 12.1 Å². The van der Waals surface area contributed by atoms with Crippen LogP contribution in [0.3, 0.4) is 0 Å². The minimum absolute atomic E-state index is 0.0544. The van der Waals surface area contributed by atoms with Gasteiger partial charge in [-0.2, -0.15) is 4.98 Å². The summed E-state index contributed by atoms with van der Waals surface area (Å²) in [4.78, 5) is 23.3. The normalized spacial score (nSPS) is 11.2. The Bertz CT molecular complexity index is 1140. The molecular formula is C26H35N5O3. The number of aliphatic hydroxyl groups is 1. The lowest BCUT2D eigenvalue weighted by atomic mass is 9.93. The first kappa shape index (κ1) is 25.4. The third kappa shape index (κ3) is 5.80. The number of carbonyl (C=O) groups excluding carboxylic acids is 1. The van der Waals surface area contributed by atoms with Gasteiger partial charge in [0.15, 0.2) is 0 Å². The highest BCUT2D eigenvalue weighted by atomic mass is 16.5. The van der Waals surface area contributed by atoms with Gasteiger partial charge < -0.3 is 19.8 Å². The van der Waals surface area contributed by atoms with Gasteiger partial charge in [-0.3, -0.25) is 4.79 Å². The molecule has 0 aliphatic heterocycles. The number of benzene rings is 1. The SMILES string of the molecule is CCc1cc(-c2noc(-c3cnc(N(C)C(C)C)c(C)c3)n2)cc(C)c1CCC(=O)NCCO. The monoisotopic (exact) mass is 465 g/mol. The first-order valence-electron chi connectivity index (χ1n) is 11.8. The van der Waals surface area contributed by atoms with Crippen LogP contribution in [0.2, 0.25) is 0 Å². The second-order valence-corrected chi connectivity index (χ2v) is 8.85. The average molecular weight is 466 g/mol. The number of amides is 1. The maximum absolute atomic E-state index is 12.0. The number of hydrogen-bond acceptors (Lipinski definition) is 7. The lowest BCUT2D eigenvalue weighted by Crippen LogP contribution is -2.27. The highest BCUT2D eigenvalue weighted by Crippen LogP contribution is 2.29. The number of rotatable bonds is 10. The molecule has 0 fully saturated rings. The number of aliphatic hydroxyl groups excluding tert-OH is 1. The number of carbonyl (C=O) groups is 1. The summed E-state index contributed by atoms with van der Waals surface area (Å²) in [6.07, 6.45) is 3.63. The van der Waals surface area contributed by atoms with Crippen LogP contribution >= 0.6 is 0 Å². The Labute approximate surface area is 201 Å². The molecule has 8 nitrogen and oxygen atoms in total. The van der Waals surface area contributed by atoms with Crippen LogP contribution in [-0.4, -0.2) is 52.4 Å². The van der Waals surface area contributed by atoms with Crippen molar-refractivity contribution < 1.29 is 14.4 Å². The molecule has 0 saturated heterocycles. The third-order valence-electron chi connectivity index (χ3n) is 6.07. The molecule has 34 heavy (non-hydrogen) atoms. The van der Waals surface area contributed by atoms with Gasteiger partial charge in [-0.05, 0) is 81.0 Å². The average Bonchev–Trinajstić information content (AvgIpc) is 3.31. The lowest BCUT2D eigenvalue weighted by molar-refractivity contribution is -0.121. The second-order valence-electron chi connectivity index (χ2n) is 8.85. The van der Waals surface area contributed by atoms with Crippen molar-refractivity contribution in [1.82, 2.24) is 20.4 Å². The van der Waals surface area contributed by atoms with Crippen molar-refractivity contribution in [2.24, 2.45) is 0 Å². The third-order valence-corrected chi connectivity index (χ3v) is 6.07. The minimum atomic E-state index is -0.0584. The first-order valence-corrected chi connectivity index (χ1v) is 11.8. The van der Waals surface area contributed by atoms with E-state index in [2.05, 4.69) is 52.2 Å². The molecule has 0 spiro atoms. The summed E-state index contributed by atoms with van der Waals surface area (Å²) >= 11 is 0. The maximum atomic E-state index is 12.0. The topological polar surface area (TPSA) is 104 Å². The molecular weight excluding hydrogens is 430 g/mol. The fraction of sp³-hybridized carbons (Fsp3) is 0.462. The Morgan fingerprint density at radius 3 is 2.56 bits per heavy atom. The Morgan fingerprint density at radius 1 is 1.18 bits per heavy atom. The van der Waals surface area contributed by atoms with Gasteiger partial charge in [0, 0.05) is 37.8 Å². The van der Waals surface area contributed by atoms with E-state index < -0.39 is 0 Å². The molecule has 0 unspecified atom stereocenters. The molecule has 2 aromatic heterocycles. The fourth-order valence-electron chi connectivity index (χ4n) is 3.97. The largest absolute Gasteiger partial charge is 0.395 e. The predicted molar refractivity (Wildman–Crippen MR) is 134 cm³/mol. The smallest absolute Gasteiger partial charge is 0.259 e. The molecule has 1 amide bonds. The molecule has 3 rings (SSSR count). The number of nitrogens with one attached hydrogen (secondary N) is 1. The fourth-order valence-corrected chi connectivity index (χ4v) is 3.97. The van der Waals surface area contributed by atoms with E-state index in [1.807, 2.05) is 33.0 Å². The lowest BCUT2D eigenvalue weighted by Gasteiger charge is -2.24. The number of anilines is 1. The quantitative estimate of drug-likeness (QED) is 0.468. The van der Waals surface area contributed by atoms with Crippen molar-refractivity contribution in [3.8, 4) is 22.8 Å². The molecule has 0 saturated carbocycles. The van der Waals surface area contributed by atoms with E-state index in [0.29, 0.717) is 30.6 Å². The standard InChI is InChI=1S/C26H35N5O3/c1-7-19-14-20(12-17(4)22(19)8-9-23(33)27-10-11-32)24-29-26(34-30-24)21-13-18(5)25(28-15-21)31(6)16(2)3/h12-16,32H,7-11H2,1-6H3,(H,27,33). The van der Waals surface area contributed by atoms with E-state index in [1.54, 1.807) is 6.20 Å². The van der Waals surface area contributed by atoms with Gasteiger partial charge in [0.05, 0.1) is 12.2 Å². The molecule has 8 heteroatoms. The number of pyridine rings is 1. The Hall–Kier alpha value is -3.26. The molecule has 0 aliphatic rings. The van der Waals surface area contributed by atoms with Gasteiger partial charge in [-0.15, -0.1) is 0 Å². The minimum Gasteiger partial charge on any atom is -0.395 e. The van der Waals surface area contributed by atoms with Crippen LogP contribution in [0.4, 0.5) is 5.82 Å². The van der Waals surface area contributed by atoms with Crippen LogP contribution in [-0.2, 0) is 17.6 Å². The summed E-state index contributed by atoms with van der Waals surface area (Å²) in [6.45, 7) is 10.7. The molecule has 182 valence electrons. The number of aryl methyl sites for hydroxylation is 3. The van der Waals surface area contributed by atoms with Crippen LogP contribution in [0.1, 0.15) is 49.4 Å². The molecule has 1 aromatic carbocycles. The molecule has 3 aromatic rings. The van der Waals surface area contributed by atoms with Crippen molar-refractivity contribution in [1.29, 1.82) is 0 Å². The van der Waals surface area contributed by atoms with Crippen LogP contribution in [0.5, 0.6) is 0 Å². The van der Waals surface area contributed by atoms with Crippen LogP contribution in [0.25, 0.3) is 22.8 Å². The maximum Gasteiger partial charge on any atom is 0.259 e. The van der Waals surface area contributed by atoms with Crippen molar-refractivity contribution in [2.45, 2.75) is 59.9 Å². The Kier molecular flexibility index (Phi) is 8.39. The molecule has 2 N–H and O–H groups in total. The highest BCUT2D eigenvalue weighted by Gasteiger charge is 2.17. The molecule has 0 atom stereocenters. The summed E-state index contributed by atoms with van der Waals surface area (Å²) in [6, 6.07) is 6.48. The van der Waals surface area contributed by atoms with Gasteiger partial charge in [0.25, 0.3) is 5.89 Å². The molecule has 0 bridgehead atoms. The Balaban J connectivity index is 1.83. The van der Waals surface area contributed by atoms with Gasteiger partial charge in [0.2, 0.25) is 11.7 Å². The van der Waals surface area contributed by atoms with Gasteiger partial charge in [-0.25, -0.2) is 4.98 Å². The summed E-state index contributed by atoms with van der Waals surface area (Å²) in [7, 11) is 2.03. The highest BCUT2D eigenvalue weighted by molar-refractivity contribution is 5.76. The zero-order chi connectivity index (χ0) is 24.8. The van der Waals surface area contributed by atoms with E-state index in [9.17, 15) is 4.79 Å². The summed E-state index contributed by atoms with van der Waals surface area (Å²) in [5.74, 6) is 1.84. The van der Waals surface area contributed by atoms with Crippen LogP contribution in [0, 0.1) is 13.8 Å².